The zero-order valence-corrected chi connectivity index (χ0v) is 9.42. The van der Waals surface area contributed by atoms with E-state index in [-0.39, 0.29) is 30.9 Å². The average Bonchev–Trinajstić information content (AvgIpc) is 2.25. The molecule has 1 amide bonds. The van der Waals surface area contributed by atoms with E-state index < -0.39 is 5.91 Å². The summed E-state index contributed by atoms with van der Waals surface area (Å²) in [6, 6.07) is 0. The van der Waals surface area contributed by atoms with Crippen molar-refractivity contribution in [3.8, 4) is 0 Å². The molecule has 0 radical (unpaired) electrons. The van der Waals surface area contributed by atoms with Crippen molar-refractivity contribution in [3.63, 3.8) is 0 Å². The molecule has 9 nitrogen and oxygen atoms in total. The first-order chi connectivity index (χ1) is 8.02. The molecule has 0 aliphatic carbocycles. The van der Waals surface area contributed by atoms with E-state index in [1.165, 1.54) is 0 Å². The summed E-state index contributed by atoms with van der Waals surface area (Å²) in [5, 5.41) is 12.5. The summed E-state index contributed by atoms with van der Waals surface area (Å²) in [5.41, 5.74) is 10.7. The Balaban J connectivity index is 2.52. The molecule has 1 aromatic heterocycles. The first kappa shape index (κ1) is 12.9. The molecule has 0 spiro atoms. The summed E-state index contributed by atoms with van der Waals surface area (Å²) in [6.07, 6.45) is 0.661. The lowest BCUT2D eigenvalue weighted by Crippen LogP contribution is -2.33. The second kappa shape index (κ2) is 5.80. The van der Waals surface area contributed by atoms with Crippen molar-refractivity contribution in [2.24, 2.45) is 0 Å². The van der Waals surface area contributed by atoms with Crippen LogP contribution in [0.4, 0.5) is 17.8 Å². The van der Waals surface area contributed by atoms with Gasteiger partial charge in [-0.3, -0.25) is 10.0 Å². The molecule has 1 aromatic rings. The molecule has 1 heterocycles. The number of carbonyl (C=O) groups excluding carboxylic acids is 1. The van der Waals surface area contributed by atoms with Crippen molar-refractivity contribution in [2.45, 2.75) is 13.3 Å². The Morgan fingerprint density at radius 3 is 2.47 bits per heavy atom. The van der Waals surface area contributed by atoms with Crippen LogP contribution in [0.15, 0.2) is 0 Å². The van der Waals surface area contributed by atoms with Gasteiger partial charge in [0.15, 0.2) is 0 Å². The molecular formula is C8H15N7O2. The smallest absolute Gasteiger partial charge is 0.265 e. The molecule has 1 rings (SSSR count). The number of nitrogens with zero attached hydrogens (tertiary/aromatic N) is 4. The minimum absolute atomic E-state index is 0.0399. The highest BCUT2D eigenvalue weighted by molar-refractivity contribution is 5.79. The summed E-state index contributed by atoms with van der Waals surface area (Å²) in [4.78, 5) is 22.4. The molecule has 94 valence electrons. The Kier molecular flexibility index (Phi) is 4.40. The van der Waals surface area contributed by atoms with Gasteiger partial charge in [0.2, 0.25) is 17.8 Å². The Hall–Kier alpha value is -2.16. The molecule has 0 bridgehead atoms. The third kappa shape index (κ3) is 4.07. The van der Waals surface area contributed by atoms with E-state index in [4.69, 9.17) is 11.5 Å². The van der Waals surface area contributed by atoms with E-state index >= 15 is 0 Å². The monoisotopic (exact) mass is 241 g/mol. The molecule has 17 heavy (non-hydrogen) atoms. The number of amides is 1. The lowest BCUT2D eigenvalue weighted by molar-refractivity contribution is -0.163. The van der Waals surface area contributed by atoms with Crippen LogP contribution in [-0.2, 0) is 4.79 Å². The van der Waals surface area contributed by atoms with Gasteiger partial charge in [-0.1, -0.05) is 6.92 Å². The average molecular weight is 241 g/mol. The van der Waals surface area contributed by atoms with Crippen LogP contribution >= 0.6 is 0 Å². The van der Waals surface area contributed by atoms with Crippen molar-refractivity contribution in [1.82, 2.24) is 20.0 Å². The Labute approximate surface area is 97.8 Å². The maximum atomic E-state index is 11.4. The van der Waals surface area contributed by atoms with Crippen LogP contribution in [0.25, 0.3) is 0 Å². The van der Waals surface area contributed by atoms with Crippen molar-refractivity contribution in [2.75, 3.05) is 29.9 Å². The van der Waals surface area contributed by atoms with Crippen molar-refractivity contribution in [3.05, 3.63) is 0 Å². The van der Waals surface area contributed by atoms with Gasteiger partial charge in [0, 0.05) is 6.54 Å². The summed E-state index contributed by atoms with van der Waals surface area (Å²) in [7, 11) is 0. The molecule has 0 aromatic carbocycles. The number of hydroxylamine groups is 2. The number of nitrogen functional groups attached to an aromatic ring is 2. The van der Waals surface area contributed by atoms with E-state index in [1.54, 1.807) is 0 Å². The van der Waals surface area contributed by atoms with E-state index in [0.29, 0.717) is 11.5 Å². The minimum Gasteiger partial charge on any atom is -0.368 e. The highest BCUT2D eigenvalue weighted by Gasteiger charge is 2.10. The number of aromatic nitrogens is 3. The second-order valence-electron chi connectivity index (χ2n) is 3.25. The third-order valence-electron chi connectivity index (χ3n) is 1.79. The van der Waals surface area contributed by atoms with Crippen LogP contribution in [-0.4, -0.2) is 44.2 Å². The summed E-state index contributed by atoms with van der Waals surface area (Å²) in [5.74, 6) is -0.485. The fourth-order valence-electron chi connectivity index (χ4n) is 1.07. The molecule has 0 fully saturated rings. The van der Waals surface area contributed by atoms with Crippen LogP contribution in [0.3, 0.4) is 0 Å². The Morgan fingerprint density at radius 2 is 1.94 bits per heavy atom. The zero-order valence-electron chi connectivity index (χ0n) is 9.42. The van der Waals surface area contributed by atoms with Gasteiger partial charge in [0.05, 0.1) is 6.54 Å². The van der Waals surface area contributed by atoms with Crippen LogP contribution in [0, 0.1) is 0 Å². The molecule has 0 aliphatic rings. The number of nitrogens with one attached hydrogen (secondary N) is 1. The van der Waals surface area contributed by atoms with Crippen molar-refractivity contribution in [1.29, 1.82) is 0 Å². The van der Waals surface area contributed by atoms with Gasteiger partial charge >= 0.3 is 0 Å². The molecule has 9 heteroatoms. The summed E-state index contributed by atoms with van der Waals surface area (Å²) >= 11 is 0. The molecule has 0 unspecified atom stereocenters. The van der Waals surface area contributed by atoms with E-state index in [1.807, 2.05) is 6.92 Å². The highest BCUT2D eigenvalue weighted by Crippen LogP contribution is 2.02. The van der Waals surface area contributed by atoms with Crippen molar-refractivity contribution >= 4 is 23.8 Å². The second-order valence-corrected chi connectivity index (χ2v) is 3.25. The number of nitrogens with two attached hydrogens (primary N) is 2. The number of carbonyl (C=O) groups is 1. The molecule has 0 saturated carbocycles. The standard InChI is InChI=1S/C8H15N7O2/c1-2-3-15(17)5(16)4-11-8-13-6(9)12-7(10)14-8/h17H,2-4H2,1H3,(H5,9,10,11,12,13,14). The zero-order chi connectivity index (χ0) is 12.8. The third-order valence-corrected chi connectivity index (χ3v) is 1.79. The summed E-state index contributed by atoms with van der Waals surface area (Å²) in [6.45, 7) is 1.96. The number of anilines is 3. The van der Waals surface area contributed by atoms with E-state index in [0.717, 1.165) is 0 Å². The minimum atomic E-state index is -0.496. The van der Waals surface area contributed by atoms with Crippen LogP contribution in [0.1, 0.15) is 13.3 Å². The van der Waals surface area contributed by atoms with Crippen LogP contribution in [0.2, 0.25) is 0 Å². The van der Waals surface area contributed by atoms with Gasteiger partial charge in [-0.05, 0) is 6.42 Å². The Morgan fingerprint density at radius 1 is 1.35 bits per heavy atom. The van der Waals surface area contributed by atoms with Gasteiger partial charge in [-0.15, -0.1) is 0 Å². The number of hydrogen-bond donors (Lipinski definition) is 4. The highest BCUT2D eigenvalue weighted by atomic mass is 16.5. The normalized spacial score (nSPS) is 10.0. The first-order valence-corrected chi connectivity index (χ1v) is 5.03. The summed E-state index contributed by atoms with van der Waals surface area (Å²) < 4.78 is 0. The molecular weight excluding hydrogens is 226 g/mol. The maximum Gasteiger partial charge on any atom is 0.265 e. The van der Waals surface area contributed by atoms with Crippen LogP contribution < -0.4 is 16.8 Å². The van der Waals surface area contributed by atoms with Gasteiger partial charge in [-0.2, -0.15) is 15.0 Å². The SMILES string of the molecule is CCCN(O)C(=O)CNc1nc(N)nc(N)n1. The number of rotatable bonds is 5. The lowest BCUT2D eigenvalue weighted by atomic mass is 10.4. The Bertz CT molecular complexity index is 377. The van der Waals surface area contributed by atoms with Crippen molar-refractivity contribution < 1.29 is 10.0 Å². The van der Waals surface area contributed by atoms with E-state index in [9.17, 15) is 10.0 Å². The fourth-order valence-corrected chi connectivity index (χ4v) is 1.07. The lowest BCUT2D eigenvalue weighted by Gasteiger charge is -2.13. The molecule has 0 aliphatic heterocycles. The predicted octanol–water partition coefficient (Wildman–Crippen LogP) is -0.924. The van der Waals surface area contributed by atoms with Gasteiger partial charge < -0.3 is 16.8 Å². The van der Waals surface area contributed by atoms with E-state index in [2.05, 4.69) is 20.3 Å². The quantitative estimate of drug-likeness (QED) is 0.382. The first-order valence-electron chi connectivity index (χ1n) is 5.03. The largest absolute Gasteiger partial charge is 0.368 e. The van der Waals surface area contributed by atoms with Gasteiger partial charge in [0.25, 0.3) is 5.91 Å². The van der Waals surface area contributed by atoms with Crippen LogP contribution in [0.5, 0.6) is 0 Å². The topological polar surface area (TPSA) is 143 Å². The molecule has 0 saturated heterocycles. The van der Waals surface area contributed by atoms with Gasteiger partial charge in [-0.25, -0.2) is 5.06 Å². The molecule has 0 atom stereocenters. The van der Waals surface area contributed by atoms with Gasteiger partial charge in [0.1, 0.15) is 0 Å². The number of hydrogen-bond acceptors (Lipinski definition) is 8. The predicted molar refractivity (Wildman–Crippen MR) is 60.9 cm³/mol. The fraction of sp³-hybridized carbons (Fsp3) is 0.500. The maximum absolute atomic E-state index is 11.4. The molecule has 6 N–H and O–H groups in total.